The van der Waals surface area contributed by atoms with Crippen LogP contribution in [0.5, 0.6) is 0 Å². The largest absolute Gasteiger partial charge is 0.353 e. The summed E-state index contributed by atoms with van der Waals surface area (Å²) >= 11 is 0. The lowest BCUT2D eigenvalue weighted by Gasteiger charge is -2.34. The highest BCUT2D eigenvalue weighted by atomic mass is 16.2. The molecule has 0 bridgehead atoms. The van der Waals surface area contributed by atoms with Gasteiger partial charge in [-0.3, -0.25) is 4.79 Å². The van der Waals surface area contributed by atoms with Crippen molar-refractivity contribution in [2.75, 3.05) is 13.1 Å². The molecule has 0 spiro atoms. The van der Waals surface area contributed by atoms with E-state index in [4.69, 9.17) is 0 Å². The summed E-state index contributed by atoms with van der Waals surface area (Å²) in [4.78, 5) is 12.1. The highest BCUT2D eigenvalue weighted by Crippen LogP contribution is 2.28. The number of carbonyl (C=O) groups is 1. The van der Waals surface area contributed by atoms with Gasteiger partial charge in [-0.1, -0.05) is 20.8 Å². The van der Waals surface area contributed by atoms with Gasteiger partial charge in [0.05, 0.1) is 0 Å². The molecule has 3 nitrogen and oxygen atoms in total. The molecular formula is C12H24N2O. The van der Waals surface area contributed by atoms with Gasteiger partial charge in [0.2, 0.25) is 5.91 Å². The first-order valence-electron chi connectivity index (χ1n) is 5.97. The van der Waals surface area contributed by atoms with E-state index in [2.05, 4.69) is 38.3 Å². The van der Waals surface area contributed by atoms with Gasteiger partial charge in [-0.25, -0.2) is 0 Å². The van der Waals surface area contributed by atoms with E-state index in [0.29, 0.717) is 5.92 Å². The normalized spacial score (nSPS) is 22.5. The Balaban J connectivity index is 2.51. The Labute approximate surface area is 93.0 Å². The number of hydrogen-bond donors (Lipinski definition) is 2. The lowest BCUT2D eigenvalue weighted by Crippen LogP contribution is -2.49. The van der Waals surface area contributed by atoms with E-state index in [1.54, 1.807) is 0 Å². The predicted molar refractivity (Wildman–Crippen MR) is 62.7 cm³/mol. The Hall–Kier alpha value is -0.570. The average molecular weight is 212 g/mol. The molecule has 0 aromatic carbocycles. The Morgan fingerprint density at radius 1 is 1.27 bits per heavy atom. The SMILES string of the molecule is CC(C)C(C)NC(=O)C1(C)CCNCC1. The summed E-state index contributed by atoms with van der Waals surface area (Å²) in [5.41, 5.74) is -0.158. The molecule has 1 atom stereocenters. The minimum absolute atomic E-state index is 0.158. The summed E-state index contributed by atoms with van der Waals surface area (Å²) < 4.78 is 0. The molecule has 2 N–H and O–H groups in total. The Bertz CT molecular complexity index is 220. The van der Waals surface area contributed by atoms with Crippen molar-refractivity contribution in [1.29, 1.82) is 0 Å². The predicted octanol–water partition coefficient (Wildman–Crippen LogP) is 1.54. The summed E-state index contributed by atoms with van der Waals surface area (Å²) in [5.74, 6) is 0.726. The monoisotopic (exact) mass is 212 g/mol. The van der Waals surface area contributed by atoms with Crippen molar-refractivity contribution < 1.29 is 4.79 Å². The molecule has 1 aliphatic heterocycles. The fourth-order valence-electron chi connectivity index (χ4n) is 1.75. The topological polar surface area (TPSA) is 41.1 Å². The zero-order chi connectivity index (χ0) is 11.5. The summed E-state index contributed by atoms with van der Waals surface area (Å²) in [6.07, 6.45) is 1.90. The quantitative estimate of drug-likeness (QED) is 0.745. The molecule has 0 aromatic rings. The third-order valence-electron chi connectivity index (χ3n) is 3.61. The first-order chi connectivity index (χ1) is 6.96. The van der Waals surface area contributed by atoms with E-state index >= 15 is 0 Å². The maximum Gasteiger partial charge on any atom is 0.226 e. The molecule has 0 saturated carbocycles. The fourth-order valence-corrected chi connectivity index (χ4v) is 1.75. The number of piperidine rings is 1. The standard InChI is InChI=1S/C12H24N2O/c1-9(2)10(3)14-11(15)12(4)5-7-13-8-6-12/h9-10,13H,5-8H2,1-4H3,(H,14,15). The lowest BCUT2D eigenvalue weighted by atomic mass is 9.80. The van der Waals surface area contributed by atoms with Crippen LogP contribution < -0.4 is 10.6 Å². The van der Waals surface area contributed by atoms with Crippen LogP contribution in [0.15, 0.2) is 0 Å². The molecule has 1 unspecified atom stereocenters. The summed E-state index contributed by atoms with van der Waals surface area (Å²) in [6.45, 7) is 10.3. The number of carbonyl (C=O) groups excluding carboxylic acids is 1. The van der Waals surface area contributed by atoms with Crippen LogP contribution in [0.4, 0.5) is 0 Å². The molecule has 1 amide bonds. The first-order valence-corrected chi connectivity index (χ1v) is 5.97. The van der Waals surface area contributed by atoms with Crippen LogP contribution in [-0.4, -0.2) is 25.0 Å². The summed E-state index contributed by atoms with van der Waals surface area (Å²) in [5, 5.41) is 6.41. The van der Waals surface area contributed by atoms with E-state index in [1.807, 2.05) is 0 Å². The molecule has 0 aromatic heterocycles. The van der Waals surface area contributed by atoms with Crippen LogP contribution in [-0.2, 0) is 4.79 Å². The Morgan fingerprint density at radius 2 is 1.80 bits per heavy atom. The molecule has 1 saturated heterocycles. The molecule has 1 fully saturated rings. The summed E-state index contributed by atoms with van der Waals surface area (Å²) in [7, 11) is 0. The highest BCUT2D eigenvalue weighted by molar-refractivity contribution is 5.82. The van der Waals surface area contributed by atoms with Crippen LogP contribution in [0.25, 0.3) is 0 Å². The van der Waals surface area contributed by atoms with Crippen molar-refractivity contribution in [1.82, 2.24) is 10.6 Å². The second kappa shape index (κ2) is 4.97. The third-order valence-corrected chi connectivity index (χ3v) is 3.61. The maximum absolute atomic E-state index is 12.1. The van der Waals surface area contributed by atoms with Gasteiger partial charge in [0.15, 0.2) is 0 Å². The van der Waals surface area contributed by atoms with Crippen LogP contribution in [0.2, 0.25) is 0 Å². The van der Waals surface area contributed by atoms with Gasteiger partial charge < -0.3 is 10.6 Å². The van der Waals surface area contributed by atoms with Crippen LogP contribution in [0, 0.1) is 11.3 Å². The zero-order valence-electron chi connectivity index (χ0n) is 10.4. The minimum Gasteiger partial charge on any atom is -0.353 e. The van der Waals surface area contributed by atoms with E-state index in [-0.39, 0.29) is 17.4 Å². The van der Waals surface area contributed by atoms with Gasteiger partial charge >= 0.3 is 0 Å². The summed E-state index contributed by atoms with van der Waals surface area (Å²) in [6, 6.07) is 0.268. The maximum atomic E-state index is 12.1. The number of nitrogens with one attached hydrogen (secondary N) is 2. The zero-order valence-corrected chi connectivity index (χ0v) is 10.4. The van der Waals surface area contributed by atoms with Gasteiger partial charge in [0.1, 0.15) is 0 Å². The van der Waals surface area contributed by atoms with Crippen molar-refractivity contribution in [2.24, 2.45) is 11.3 Å². The van der Waals surface area contributed by atoms with Crippen molar-refractivity contribution in [2.45, 2.75) is 46.6 Å². The fraction of sp³-hybridized carbons (Fsp3) is 0.917. The van der Waals surface area contributed by atoms with Gasteiger partial charge in [-0.05, 0) is 38.8 Å². The minimum atomic E-state index is -0.158. The third kappa shape index (κ3) is 3.20. The Morgan fingerprint density at radius 3 is 2.27 bits per heavy atom. The second-order valence-corrected chi connectivity index (χ2v) is 5.32. The van der Waals surface area contributed by atoms with Crippen molar-refractivity contribution in [3.63, 3.8) is 0 Å². The molecule has 1 rings (SSSR count). The number of rotatable bonds is 3. The number of amides is 1. The molecule has 1 aliphatic rings. The molecular weight excluding hydrogens is 188 g/mol. The van der Waals surface area contributed by atoms with E-state index in [1.165, 1.54) is 0 Å². The molecule has 0 radical (unpaired) electrons. The van der Waals surface area contributed by atoms with Crippen molar-refractivity contribution in [3.8, 4) is 0 Å². The first kappa shape index (κ1) is 12.5. The van der Waals surface area contributed by atoms with Crippen LogP contribution in [0.3, 0.4) is 0 Å². The molecule has 1 heterocycles. The van der Waals surface area contributed by atoms with E-state index in [9.17, 15) is 4.79 Å². The van der Waals surface area contributed by atoms with E-state index < -0.39 is 0 Å². The van der Waals surface area contributed by atoms with Crippen LogP contribution in [0.1, 0.15) is 40.5 Å². The molecule has 88 valence electrons. The second-order valence-electron chi connectivity index (χ2n) is 5.32. The average Bonchev–Trinajstić information content (AvgIpc) is 2.18. The van der Waals surface area contributed by atoms with E-state index in [0.717, 1.165) is 25.9 Å². The van der Waals surface area contributed by atoms with Gasteiger partial charge in [0.25, 0.3) is 0 Å². The number of hydrogen-bond acceptors (Lipinski definition) is 2. The molecule has 0 aliphatic carbocycles. The van der Waals surface area contributed by atoms with Crippen LogP contribution >= 0.6 is 0 Å². The smallest absolute Gasteiger partial charge is 0.226 e. The van der Waals surface area contributed by atoms with Crippen molar-refractivity contribution in [3.05, 3.63) is 0 Å². The van der Waals surface area contributed by atoms with Gasteiger partial charge in [-0.15, -0.1) is 0 Å². The highest BCUT2D eigenvalue weighted by Gasteiger charge is 2.35. The molecule has 15 heavy (non-hydrogen) atoms. The molecule has 3 heteroatoms. The van der Waals surface area contributed by atoms with Gasteiger partial charge in [0, 0.05) is 11.5 Å². The van der Waals surface area contributed by atoms with Gasteiger partial charge in [-0.2, -0.15) is 0 Å². The lowest BCUT2D eigenvalue weighted by molar-refractivity contribution is -0.132. The Kier molecular flexibility index (Phi) is 4.14. The van der Waals surface area contributed by atoms with Crippen molar-refractivity contribution >= 4 is 5.91 Å².